The lowest BCUT2D eigenvalue weighted by Crippen LogP contribution is -2.34. The second-order valence-corrected chi connectivity index (χ2v) is 7.14. The lowest BCUT2D eigenvalue weighted by atomic mass is 9.85. The minimum atomic E-state index is -0.609. The molecule has 0 aliphatic rings. The van der Waals surface area contributed by atoms with E-state index >= 15 is 0 Å². The maximum absolute atomic E-state index is 11.2. The summed E-state index contributed by atoms with van der Waals surface area (Å²) in [5.41, 5.74) is 10.7. The van der Waals surface area contributed by atoms with E-state index in [0.29, 0.717) is 11.4 Å². The molecule has 1 aromatic rings. The van der Waals surface area contributed by atoms with E-state index in [-0.39, 0.29) is 11.9 Å². The Hall–Kier alpha value is -0.100. The molecule has 0 aliphatic carbocycles. The molecule has 0 saturated heterocycles. The zero-order valence-corrected chi connectivity index (χ0v) is 12.2. The number of amides is 1. The molecule has 1 aromatic heterocycles. The van der Waals surface area contributed by atoms with Crippen LogP contribution in [0.2, 0.25) is 5.02 Å². The molecule has 0 fully saturated rings. The second kappa shape index (κ2) is 5.04. The van der Waals surface area contributed by atoms with Gasteiger partial charge in [0.1, 0.15) is 0 Å². The molecular formula is C10H14BrClN2OS. The van der Waals surface area contributed by atoms with Crippen molar-refractivity contribution in [3.63, 3.8) is 0 Å². The molecule has 6 heteroatoms. The zero-order valence-electron chi connectivity index (χ0n) is 9.09. The van der Waals surface area contributed by atoms with Crippen LogP contribution in [-0.4, -0.2) is 5.91 Å². The van der Waals surface area contributed by atoms with Crippen LogP contribution < -0.4 is 11.5 Å². The standard InChI is InChI=1S/C10H14BrClN2OS/c1-10(2,9(14)15)4-6(13)7-3-5(12)8(11)16-7/h3,6H,4,13H2,1-2H3,(H2,14,15). The third-order valence-corrected chi connectivity index (χ3v) is 5.03. The Labute approximate surface area is 112 Å². The Balaban J connectivity index is 2.80. The van der Waals surface area contributed by atoms with Crippen molar-refractivity contribution in [3.8, 4) is 0 Å². The molecular weight excluding hydrogens is 312 g/mol. The molecule has 0 bridgehead atoms. The van der Waals surface area contributed by atoms with Crippen LogP contribution in [0.15, 0.2) is 9.85 Å². The third kappa shape index (κ3) is 3.20. The summed E-state index contributed by atoms with van der Waals surface area (Å²) in [4.78, 5) is 12.1. The van der Waals surface area contributed by atoms with Gasteiger partial charge in [-0.25, -0.2) is 0 Å². The van der Waals surface area contributed by atoms with Crippen molar-refractivity contribution in [2.24, 2.45) is 16.9 Å². The number of rotatable bonds is 4. The van der Waals surface area contributed by atoms with E-state index in [1.165, 1.54) is 11.3 Å². The highest BCUT2D eigenvalue weighted by Gasteiger charge is 2.28. The number of nitrogens with two attached hydrogens (primary N) is 2. The normalized spacial score (nSPS) is 13.8. The van der Waals surface area contributed by atoms with Gasteiger partial charge in [-0.15, -0.1) is 11.3 Å². The minimum Gasteiger partial charge on any atom is -0.369 e. The average molecular weight is 326 g/mol. The van der Waals surface area contributed by atoms with Crippen molar-refractivity contribution in [3.05, 3.63) is 19.8 Å². The third-order valence-electron chi connectivity index (χ3n) is 2.43. The number of thiophene rings is 1. The molecule has 1 amide bonds. The fourth-order valence-electron chi connectivity index (χ4n) is 1.30. The minimum absolute atomic E-state index is 0.226. The van der Waals surface area contributed by atoms with Gasteiger partial charge in [-0.2, -0.15) is 0 Å². The van der Waals surface area contributed by atoms with Crippen molar-refractivity contribution < 1.29 is 4.79 Å². The molecule has 0 aromatic carbocycles. The van der Waals surface area contributed by atoms with Gasteiger partial charge in [-0.1, -0.05) is 25.4 Å². The molecule has 1 atom stereocenters. The van der Waals surface area contributed by atoms with Crippen LogP contribution in [0.4, 0.5) is 0 Å². The molecule has 1 heterocycles. The van der Waals surface area contributed by atoms with Crippen LogP contribution in [0.5, 0.6) is 0 Å². The largest absolute Gasteiger partial charge is 0.369 e. The average Bonchev–Trinajstić information content (AvgIpc) is 2.46. The van der Waals surface area contributed by atoms with E-state index in [2.05, 4.69) is 15.9 Å². The van der Waals surface area contributed by atoms with Gasteiger partial charge in [0.2, 0.25) is 5.91 Å². The summed E-state index contributed by atoms with van der Waals surface area (Å²) >= 11 is 10.7. The lowest BCUT2D eigenvalue weighted by Gasteiger charge is -2.23. The van der Waals surface area contributed by atoms with Gasteiger partial charge >= 0.3 is 0 Å². The van der Waals surface area contributed by atoms with Crippen molar-refractivity contribution in [2.75, 3.05) is 0 Å². The van der Waals surface area contributed by atoms with E-state index in [9.17, 15) is 4.79 Å². The molecule has 3 nitrogen and oxygen atoms in total. The van der Waals surface area contributed by atoms with Crippen LogP contribution in [0.25, 0.3) is 0 Å². The predicted octanol–water partition coefficient (Wildman–Crippen LogP) is 3.07. The number of hydrogen-bond donors (Lipinski definition) is 2. The fraction of sp³-hybridized carbons (Fsp3) is 0.500. The van der Waals surface area contributed by atoms with E-state index < -0.39 is 5.41 Å². The highest BCUT2D eigenvalue weighted by molar-refractivity contribution is 9.11. The first-order chi connectivity index (χ1) is 7.24. The number of halogens is 2. The van der Waals surface area contributed by atoms with Gasteiger partial charge in [0, 0.05) is 16.3 Å². The van der Waals surface area contributed by atoms with Gasteiger partial charge in [0.25, 0.3) is 0 Å². The Morgan fingerprint density at radius 2 is 2.25 bits per heavy atom. The number of carbonyl (C=O) groups is 1. The summed E-state index contributed by atoms with van der Waals surface area (Å²) in [5, 5.41) is 0.646. The summed E-state index contributed by atoms with van der Waals surface area (Å²) in [5.74, 6) is -0.343. The first-order valence-electron chi connectivity index (χ1n) is 4.74. The van der Waals surface area contributed by atoms with Gasteiger partial charge in [0.05, 0.1) is 8.81 Å². The monoisotopic (exact) mass is 324 g/mol. The first kappa shape index (κ1) is 14.0. The molecule has 0 saturated carbocycles. The maximum Gasteiger partial charge on any atom is 0.223 e. The van der Waals surface area contributed by atoms with E-state index in [1.54, 1.807) is 13.8 Å². The van der Waals surface area contributed by atoms with Crippen molar-refractivity contribution in [1.29, 1.82) is 0 Å². The Bertz CT molecular complexity index is 386. The van der Waals surface area contributed by atoms with Gasteiger partial charge in [0.15, 0.2) is 0 Å². The summed E-state index contributed by atoms with van der Waals surface area (Å²) in [6.07, 6.45) is 0.506. The first-order valence-corrected chi connectivity index (χ1v) is 6.73. The number of primary amides is 1. The molecule has 1 unspecified atom stereocenters. The van der Waals surface area contributed by atoms with Crippen molar-refractivity contribution in [2.45, 2.75) is 26.3 Å². The smallest absolute Gasteiger partial charge is 0.223 e. The second-order valence-electron chi connectivity index (χ2n) is 4.33. The summed E-state index contributed by atoms with van der Waals surface area (Å²) in [6.45, 7) is 3.58. The van der Waals surface area contributed by atoms with Gasteiger partial charge < -0.3 is 11.5 Å². The molecule has 0 spiro atoms. The molecule has 16 heavy (non-hydrogen) atoms. The maximum atomic E-state index is 11.2. The highest BCUT2D eigenvalue weighted by Crippen LogP contribution is 2.38. The molecule has 90 valence electrons. The predicted molar refractivity (Wildman–Crippen MR) is 71.5 cm³/mol. The van der Waals surface area contributed by atoms with Crippen LogP contribution in [0.3, 0.4) is 0 Å². The van der Waals surface area contributed by atoms with Gasteiger partial charge in [-0.3, -0.25) is 4.79 Å². The van der Waals surface area contributed by atoms with Crippen LogP contribution in [-0.2, 0) is 4.79 Å². The SMILES string of the molecule is CC(C)(CC(N)c1cc(Cl)c(Br)s1)C(N)=O. The molecule has 1 rings (SSSR count). The Kier molecular flexibility index (Phi) is 4.40. The van der Waals surface area contributed by atoms with Crippen LogP contribution >= 0.6 is 38.9 Å². The van der Waals surface area contributed by atoms with E-state index in [1.807, 2.05) is 6.07 Å². The Morgan fingerprint density at radius 1 is 1.69 bits per heavy atom. The van der Waals surface area contributed by atoms with E-state index in [0.717, 1.165) is 8.66 Å². The Morgan fingerprint density at radius 3 is 2.62 bits per heavy atom. The fourth-order valence-corrected chi connectivity index (χ4v) is 3.05. The molecule has 0 aliphatic heterocycles. The summed E-state index contributed by atoms with van der Waals surface area (Å²) < 4.78 is 0.858. The van der Waals surface area contributed by atoms with Crippen LogP contribution in [0.1, 0.15) is 31.2 Å². The topological polar surface area (TPSA) is 69.1 Å². The zero-order chi connectivity index (χ0) is 12.5. The van der Waals surface area contributed by atoms with Crippen molar-refractivity contribution in [1.82, 2.24) is 0 Å². The molecule has 0 radical (unpaired) electrons. The summed E-state index contributed by atoms with van der Waals surface area (Å²) in [7, 11) is 0. The van der Waals surface area contributed by atoms with Crippen LogP contribution in [0, 0.1) is 5.41 Å². The van der Waals surface area contributed by atoms with E-state index in [4.69, 9.17) is 23.1 Å². The number of hydrogen-bond acceptors (Lipinski definition) is 3. The lowest BCUT2D eigenvalue weighted by molar-refractivity contribution is -0.126. The van der Waals surface area contributed by atoms with Gasteiger partial charge in [-0.05, 0) is 28.4 Å². The quantitative estimate of drug-likeness (QED) is 0.893. The number of carbonyl (C=O) groups excluding carboxylic acids is 1. The summed E-state index contributed by atoms with van der Waals surface area (Å²) in [6, 6.07) is 1.59. The highest BCUT2D eigenvalue weighted by atomic mass is 79.9. The van der Waals surface area contributed by atoms with Crippen molar-refractivity contribution >= 4 is 44.8 Å². The molecule has 4 N–H and O–H groups in total.